The molecule has 0 heterocycles. The van der Waals surface area contributed by atoms with Gasteiger partial charge in [0.15, 0.2) is 14.4 Å². The number of nitrogens with one attached hydrogen (secondary N) is 1. The number of carboxylic acids is 1. The summed E-state index contributed by atoms with van der Waals surface area (Å²) in [7, 11) is -0.534. The zero-order chi connectivity index (χ0) is 20.0. The highest BCUT2D eigenvalue weighted by molar-refractivity contribution is 6.74. The Morgan fingerprint density at radius 2 is 1.77 bits per heavy atom. The molecule has 1 aromatic carbocycles. The smallest absolute Gasteiger partial charge is 0.326 e. The molecule has 1 rings (SSSR count). The Morgan fingerprint density at radius 1 is 1.19 bits per heavy atom. The van der Waals surface area contributed by atoms with Gasteiger partial charge in [-0.1, -0.05) is 51.1 Å². The zero-order valence-corrected chi connectivity index (χ0v) is 17.5. The number of aliphatic carboxylic acids is 1. The maximum Gasteiger partial charge on any atom is 0.326 e. The summed E-state index contributed by atoms with van der Waals surface area (Å²) in [6.07, 6.45) is -0.641. The van der Waals surface area contributed by atoms with Gasteiger partial charge in [0.05, 0.1) is 0 Å². The van der Waals surface area contributed by atoms with Crippen molar-refractivity contribution in [3.05, 3.63) is 35.9 Å². The third kappa shape index (κ3) is 6.23. The number of ether oxygens (including phenoxy) is 1. The Balaban J connectivity index is 2.70. The monoisotopic (exact) mass is 381 g/mol. The summed E-state index contributed by atoms with van der Waals surface area (Å²) >= 11 is 0. The summed E-state index contributed by atoms with van der Waals surface area (Å²) in [5.74, 6) is -1.56. The highest BCUT2D eigenvalue weighted by atomic mass is 28.4. The first-order valence-electron chi connectivity index (χ1n) is 8.74. The maximum absolute atomic E-state index is 12.5. The largest absolute Gasteiger partial charge is 0.480 e. The average molecular weight is 382 g/mol. The minimum absolute atomic E-state index is 0.0451. The lowest BCUT2D eigenvalue weighted by atomic mass is 10.1. The predicted octanol–water partition coefficient (Wildman–Crippen LogP) is 3.36. The molecule has 26 heavy (non-hydrogen) atoms. The first-order valence-corrected chi connectivity index (χ1v) is 11.7. The van der Waals surface area contributed by atoms with E-state index in [1.807, 2.05) is 6.07 Å². The Morgan fingerprint density at radius 3 is 2.23 bits per heavy atom. The minimum atomic E-state index is -1.96. The molecule has 2 N–H and O–H groups in total. The molecule has 1 aromatic rings. The minimum Gasteiger partial charge on any atom is -0.480 e. The molecule has 146 valence electrons. The van der Waals surface area contributed by atoms with E-state index in [-0.39, 0.29) is 18.1 Å². The van der Waals surface area contributed by atoms with Gasteiger partial charge in [-0.25, -0.2) is 4.79 Å². The fourth-order valence-corrected chi connectivity index (χ4v) is 3.24. The second-order valence-corrected chi connectivity index (χ2v) is 12.6. The van der Waals surface area contributed by atoms with E-state index in [9.17, 15) is 14.7 Å². The van der Waals surface area contributed by atoms with Gasteiger partial charge in [0, 0.05) is 20.1 Å². The van der Waals surface area contributed by atoms with E-state index in [0.29, 0.717) is 5.56 Å². The lowest BCUT2D eigenvalue weighted by Crippen LogP contribution is -2.46. The molecule has 2 atom stereocenters. The number of rotatable bonds is 9. The van der Waals surface area contributed by atoms with Crippen LogP contribution in [0.3, 0.4) is 0 Å². The molecule has 0 radical (unpaired) electrons. The molecule has 0 aliphatic rings. The summed E-state index contributed by atoms with van der Waals surface area (Å²) in [6, 6.07) is 7.96. The molecule has 0 aliphatic heterocycles. The quantitative estimate of drug-likeness (QED) is 0.641. The van der Waals surface area contributed by atoms with Crippen molar-refractivity contribution in [2.24, 2.45) is 0 Å². The molecule has 0 spiro atoms. The van der Waals surface area contributed by atoms with E-state index in [0.717, 1.165) is 0 Å². The Bertz CT molecular complexity index is 598. The van der Waals surface area contributed by atoms with Crippen LogP contribution < -0.4 is 5.32 Å². The van der Waals surface area contributed by atoms with Gasteiger partial charge in [-0.2, -0.15) is 0 Å². The van der Waals surface area contributed by atoms with Crippen molar-refractivity contribution >= 4 is 20.2 Å². The maximum atomic E-state index is 12.5. The van der Waals surface area contributed by atoms with Gasteiger partial charge in [-0.3, -0.25) is 4.79 Å². The molecular weight excluding hydrogens is 350 g/mol. The number of amides is 1. The van der Waals surface area contributed by atoms with Gasteiger partial charge in [0.2, 0.25) is 0 Å². The number of benzene rings is 1. The van der Waals surface area contributed by atoms with Crippen LogP contribution in [0.4, 0.5) is 0 Å². The van der Waals surface area contributed by atoms with Crippen molar-refractivity contribution in [1.82, 2.24) is 5.32 Å². The van der Waals surface area contributed by atoms with E-state index in [4.69, 9.17) is 9.16 Å². The number of hydrogen-bond acceptors (Lipinski definition) is 4. The summed E-state index contributed by atoms with van der Waals surface area (Å²) < 4.78 is 11.3. The summed E-state index contributed by atoms with van der Waals surface area (Å²) in [4.78, 5) is 24.0. The van der Waals surface area contributed by atoms with Crippen LogP contribution in [0.5, 0.6) is 0 Å². The normalized spacial score (nSPS) is 14.5. The van der Waals surface area contributed by atoms with Crippen LogP contribution in [0.1, 0.15) is 38.9 Å². The van der Waals surface area contributed by atoms with Gasteiger partial charge in [-0.05, 0) is 23.7 Å². The number of carbonyl (C=O) groups is 2. The van der Waals surface area contributed by atoms with Gasteiger partial charge in [-0.15, -0.1) is 0 Å². The van der Waals surface area contributed by atoms with E-state index in [1.165, 1.54) is 7.11 Å². The van der Waals surface area contributed by atoms with E-state index in [1.54, 1.807) is 24.3 Å². The average Bonchev–Trinajstić information content (AvgIpc) is 2.54. The first kappa shape index (κ1) is 22.3. The SMILES string of the molecule is CO[C@@H](C(=O)N[C@H](CCO[Si](C)(C)C(C)(C)C)C(=O)O)c1ccccc1. The van der Waals surface area contributed by atoms with E-state index < -0.39 is 32.3 Å². The number of methoxy groups -OCH3 is 1. The molecule has 0 aromatic heterocycles. The Hall–Kier alpha value is -1.70. The van der Waals surface area contributed by atoms with Crippen LogP contribution in [0.25, 0.3) is 0 Å². The van der Waals surface area contributed by atoms with Crippen LogP contribution in [0, 0.1) is 0 Å². The lowest BCUT2D eigenvalue weighted by molar-refractivity contribution is -0.144. The van der Waals surface area contributed by atoms with Gasteiger partial charge >= 0.3 is 5.97 Å². The summed E-state index contributed by atoms with van der Waals surface area (Å²) in [5.41, 5.74) is 0.675. The number of hydrogen-bond donors (Lipinski definition) is 2. The lowest BCUT2D eigenvalue weighted by Gasteiger charge is -2.36. The van der Waals surface area contributed by atoms with Crippen LogP contribution in [-0.4, -0.2) is 45.1 Å². The van der Waals surface area contributed by atoms with Crippen molar-refractivity contribution in [3.63, 3.8) is 0 Å². The molecule has 0 aliphatic carbocycles. The second-order valence-electron chi connectivity index (χ2n) is 7.82. The fraction of sp³-hybridized carbons (Fsp3) is 0.579. The van der Waals surface area contributed by atoms with E-state index >= 15 is 0 Å². The van der Waals surface area contributed by atoms with Crippen molar-refractivity contribution in [2.75, 3.05) is 13.7 Å². The molecule has 0 fully saturated rings. The third-order valence-corrected chi connectivity index (χ3v) is 9.40. The first-order chi connectivity index (χ1) is 12.0. The number of carboxylic acid groups (broad SMARTS) is 1. The fourth-order valence-electron chi connectivity index (χ4n) is 2.18. The Labute approximate surface area is 157 Å². The molecular formula is C19H31NO5Si. The van der Waals surface area contributed by atoms with Gasteiger partial charge in [0.25, 0.3) is 5.91 Å². The third-order valence-electron chi connectivity index (χ3n) is 4.87. The van der Waals surface area contributed by atoms with Crippen LogP contribution in [0.2, 0.25) is 18.1 Å². The highest BCUT2D eigenvalue weighted by Gasteiger charge is 2.37. The van der Waals surface area contributed by atoms with Crippen molar-refractivity contribution in [1.29, 1.82) is 0 Å². The summed E-state index contributed by atoms with van der Waals surface area (Å²) in [5, 5.41) is 12.0. The molecule has 0 saturated heterocycles. The highest BCUT2D eigenvalue weighted by Crippen LogP contribution is 2.36. The predicted molar refractivity (Wildman–Crippen MR) is 104 cm³/mol. The molecule has 7 heteroatoms. The molecule has 1 amide bonds. The zero-order valence-electron chi connectivity index (χ0n) is 16.5. The molecule has 0 saturated carbocycles. The topological polar surface area (TPSA) is 84.9 Å². The molecule has 0 unspecified atom stereocenters. The van der Waals surface area contributed by atoms with Crippen LogP contribution in [-0.2, 0) is 18.8 Å². The summed E-state index contributed by atoms with van der Waals surface area (Å²) in [6.45, 7) is 10.9. The molecule has 6 nitrogen and oxygen atoms in total. The Kier molecular flexibility index (Phi) is 7.99. The van der Waals surface area contributed by atoms with Crippen LogP contribution >= 0.6 is 0 Å². The van der Waals surface area contributed by atoms with Gasteiger partial charge < -0.3 is 19.6 Å². The number of carbonyl (C=O) groups excluding carboxylic acids is 1. The van der Waals surface area contributed by atoms with Crippen molar-refractivity contribution < 1.29 is 23.9 Å². The standard InChI is InChI=1S/C19H31NO5Si/c1-19(2,3)26(5,6)25-13-12-15(18(22)23)20-17(21)16(24-4)14-10-8-7-9-11-14/h7-11,15-16H,12-13H2,1-6H3,(H,20,21)(H,22,23)/t15-,16-/m1/s1. The molecule has 0 bridgehead atoms. The van der Waals surface area contributed by atoms with Crippen molar-refractivity contribution in [3.8, 4) is 0 Å². The second kappa shape index (κ2) is 9.30. The van der Waals surface area contributed by atoms with E-state index in [2.05, 4.69) is 39.2 Å². The van der Waals surface area contributed by atoms with Gasteiger partial charge in [0.1, 0.15) is 6.04 Å². The van der Waals surface area contributed by atoms with Crippen molar-refractivity contribution in [2.45, 2.75) is 57.5 Å². The van der Waals surface area contributed by atoms with Crippen LogP contribution in [0.15, 0.2) is 30.3 Å².